The molecule has 168 valence electrons. The number of pyridine rings is 1. The number of rotatable bonds is 4. The smallest absolute Gasteiger partial charge is 0.258 e. The predicted molar refractivity (Wildman–Crippen MR) is 136 cm³/mol. The summed E-state index contributed by atoms with van der Waals surface area (Å²) in [6.07, 6.45) is 1.74. The minimum atomic E-state index is -0.117. The van der Waals surface area contributed by atoms with Gasteiger partial charge in [0.05, 0.1) is 18.4 Å². The molecule has 2 heterocycles. The molecule has 0 radical (unpaired) electrons. The van der Waals surface area contributed by atoms with Crippen LogP contribution in [0.4, 0.5) is 0 Å². The summed E-state index contributed by atoms with van der Waals surface area (Å²) >= 11 is 0. The van der Waals surface area contributed by atoms with Crippen LogP contribution in [0.25, 0.3) is 21.9 Å². The molecule has 0 saturated carbocycles. The van der Waals surface area contributed by atoms with Crippen LogP contribution in [0.5, 0.6) is 0 Å². The van der Waals surface area contributed by atoms with Crippen molar-refractivity contribution in [3.05, 3.63) is 105 Å². The number of hydrogen-bond donors (Lipinski definition) is 0. The maximum Gasteiger partial charge on any atom is 0.258 e. The van der Waals surface area contributed by atoms with Crippen LogP contribution >= 0.6 is 0 Å². The minimum Gasteiger partial charge on any atom is -0.367 e. The monoisotopic (exact) mass is 437 g/mol. The Kier molecular flexibility index (Phi) is 5.67. The molecule has 0 fully saturated rings. The average molecular weight is 438 g/mol. The van der Waals surface area contributed by atoms with Crippen molar-refractivity contribution in [1.82, 2.24) is 4.57 Å². The Labute approximate surface area is 195 Å². The van der Waals surface area contributed by atoms with E-state index in [1.807, 2.05) is 10.6 Å². The van der Waals surface area contributed by atoms with E-state index < -0.39 is 0 Å². The van der Waals surface area contributed by atoms with Crippen molar-refractivity contribution in [1.29, 1.82) is 0 Å². The fourth-order valence-corrected chi connectivity index (χ4v) is 5.28. The molecule has 1 atom stereocenters. The van der Waals surface area contributed by atoms with Crippen LogP contribution in [0.1, 0.15) is 52.5 Å². The average Bonchev–Trinajstić information content (AvgIpc) is 2.79. The molecule has 0 spiro atoms. The largest absolute Gasteiger partial charge is 0.367 e. The molecular weight excluding hydrogens is 406 g/mol. The van der Waals surface area contributed by atoms with Crippen LogP contribution in [0.3, 0.4) is 0 Å². The molecule has 3 nitrogen and oxygen atoms in total. The molecule has 0 bridgehead atoms. The van der Waals surface area contributed by atoms with Gasteiger partial charge in [-0.05, 0) is 74.2 Å². The summed E-state index contributed by atoms with van der Waals surface area (Å²) in [6.45, 7) is 9.72. The number of nitrogens with zero attached hydrogens (tertiary/aromatic N) is 1. The van der Waals surface area contributed by atoms with Crippen molar-refractivity contribution in [3.63, 3.8) is 0 Å². The van der Waals surface area contributed by atoms with Crippen molar-refractivity contribution < 1.29 is 4.74 Å². The molecule has 5 rings (SSSR count). The summed E-state index contributed by atoms with van der Waals surface area (Å²) in [4.78, 5) is 13.6. The lowest BCUT2D eigenvalue weighted by Gasteiger charge is -2.31. The van der Waals surface area contributed by atoms with E-state index in [1.165, 1.54) is 22.3 Å². The van der Waals surface area contributed by atoms with Crippen molar-refractivity contribution in [2.75, 3.05) is 0 Å². The van der Waals surface area contributed by atoms with E-state index in [-0.39, 0.29) is 11.7 Å². The van der Waals surface area contributed by atoms with Crippen molar-refractivity contribution in [2.24, 2.45) is 0 Å². The Hall–Kier alpha value is -3.17. The fraction of sp³-hybridized carbons (Fsp3) is 0.300. The lowest BCUT2D eigenvalue weighted by atomic mass is 9.90. The summed E-state index contributed by atoms with van der Waals surface area (Å²) in [7, 11) is 0. The standard InChI is InChI=1S/C30H31NO2/c1-19-13-20(2)15-23(14-19)18-33-27-11-8-12-31-29(27)28(24-9-6-5-7-10-24)25-16-21(3)22(4)17-26(25)30(31)32/h5-7,9-10,13-17,27H,8,11-12,18H2,1-4H3. The third-order valence-corrected chi connectivity index (χ3v) is 6.87. The molecule has 33 heavy (non-hydrogen) atoms. The van der Waals surface area contributed by atoms with Crippen molar-refractivity contribution in [3.8, 4) is 11.1 Å². The lowest BCUT2D eigenvalue weighted by Crippen LogP contribution is -2.31. The van der Waals surface area contributed by atoms with Gasteiger partial charge in [0.25, 0.3) is 5.56 Å². The summed E-state index contributed by atoms with van der Waals surface area (Å²) in [5.41, 5.74) is 9.42. The van der Waals surface area contributed by atoms with Gasteiger partial charge in [0.15, 0.2) is 0 Å². The molecule has 3 aromatic carbocycles. The van der Waals surface area contributed by atoms with Gasteiger partial charge in [-0.1, -0.05) is 65.7 Å². The van der Waals surface area contributed by atoms with Gasteiger partial charge in [0, 0.05) is 17.5 Å². The molecule has 1 aromatic heterocycles. The van der Waals surface area contributed by atoms with Crippen LogP contribution in [0.15, 0.2) is 65.5 Å². The predicted octanol–water partition coefficient (Wildman–Crippen LogP) is 6.95. The summed E-state index contributed by atoms with van der Waals surface area (Å²) < 4.78 is 8.55. The van der Waals surface area contributed by atoms with Crippen LogP contribution in [0, 0.1) is 27.7 Å². The lowest BCUT2D eigenvalue weighted by molar-refractivity contribution is 0.0188. The Morgan fingerprint density at radius 2 is 1.55 bits per heavy atom. The van der Waals surface area contributed by atoms with Gasteiger partial charge in [-0.15, -0.1) is 0 Å². The molecule has 4 aromatic rings. The van der Waals surface area contributed by atoms with E-state index in [2.05, 4.69) is 82.3 Å². The highest BCUT2D eigenvalue weighted by Crippen LogP contribution is 2.40. The van der Waals surface area contributed by atoms with Crippen LogP contribution in [-0.2, 0) is 17.9 Å². The number of aromatic nitrogens is 1. The molecule has 1 aliphatic heterocycles. The van der Waals surface area contributed by atoms with E-state index in [0.717, 1.165) is 52.5 Å². The first-order valence-electron chi connectivity index (χ1n) is 11.8. The second-order valence-corrected chi connectivity index (χ2v) is 9.50. The van der Waals surface area contributed by atoms with E-state index in [9.17, 15) is 4.79 Å². The van der Waals surface area contributed by atoms with E-state index >= 15 is 0 Å². The fourth-order valence-electron chi connectivity index (χ4n) is 5.28. The first-order chi connectivity index (χ1) is 15.9. The third-order valence-electron chi connectivity index (χ3n) is 6.87. The van der Waals surface area contributed by atoms with Crippen molar-refractivity contribution >= 4 is 10.8 Å². The van der Waals surface area contributed by atoms with Gasteiger partial charge in [-0.2, -0.15) is 0 Å². The Morgan fingerprint density at radius 1 is 0.879 bits per heavy atom. The summed E-state index contributed by atoms with van der Waals surface area (Å²) in [6, 6.07) is 21.3. The molecule has 0 aliphatic carbocycles. The summed E-state index contributed by atoms with van der Waals surface area (Å²) in [5.74, 6) is 0. The number of fused-ring (bicyclic) bond motifs is 2. The topological polar surface area (TPSA) is 31.2 Å². The Bertz CT molecular complexity index is 1380. The molecule has 0 saturated heterocycles. The first kappa shape index (κ1) is 21.7. The van der Waals surface area contributed by atoms with Gasteiger partial charge >= 0.3 is 0 Å². The van der Waals surface area contributed by atoms with E-state index in [1.54, 1.807) is 0 Å². The van der Waals surface area contributed by atoms with E-state index in [0.29, 0.717) is 6.61 Å². The van der Waals surface area contributed by atoms with E-state index in [4.69, 9.17) is 4.74 Å². The molecule has 3 heteroatoms. The first-order valence-corrected chi connectivity index (χ1v) is 11.8. The quantitative estimate of drug-likeness (QED) is 0.346. The Balaban J connectivity index is 1.70. The second kappa shape index (κ2) is 8.64. The SMILES string of the molecule is Cc1cc(C)cc(COC2CCCn3c2c(-c2ccccc2)c2cc(C)c(C)cc2c3=O)c1. The summed E-state index contributed by atoms with van der Waals surface area (Å²) in [5, 5.41) is 1.83. The molecule has 0 N–H and O–H groups in total. The maximum atomic E-state index is 13.6. The highest BCUT2D eigenvalue weighted by molar-refractivity contribution is 5.98. The van der Waals surface area contributed by atoms with Gasteiger partial charge < -0.3 is 9.30 Å². The van der Waals surface area contributed by atoms with Crippen LogP contribution < -0.4 is 5.56 Å². The van der Waals surface area contributed by atoms with Gasteiger partial charge in [0.1, 0.15) is 0 Å². The zero-order valence-electron chi connectivity index (χ0n) is 19.9. The Morgan fingerprint density at radius 3 is 2.24 bits per heavy atom. The highest BCUT2D eigenvalue weighted by Gasteiger charge is 2.28. The van der Waals surface area contributed by atoms with Crippen molar-refractivity contribution in [2.45, 2.75) is 59.8 Å². The van der Waals surface area contributed by atoms with Gasteiger partial charge in [-0.25, -0.2) is 0 Å². The number of ether oxygens (including phenoxy) is 1. The maximum absolute atomic E-state index is 13.6. The minimum absolute atomic E-state index is 0.0995. The molecule has 1 unspecified atom stereocenters. The molecule has 1 aliphatic rings. The zero-order valence-corrected chi connectivity index (χ0v) is 19.9. The zero-order chi connectivity index (χ0) is 23.1. The van der Waals surface area contributed by atoms with Crippen LogP contribution in [-0.4, -0.2) is 4.57 Å². The van der Waals surface area contributed by atoms with Gasteiger partial charge in [-0.3, -0.25) is 4.79 Å². The second-order valence-electron chi connectivity index (χ2n) is 9.50. The highest BCUT2D eigenvalue weighted by atomic mass is 16.5. The number of aryl methyl sites for hydroxylation is 4. The normalized spacial score (nSPS) is 15.6. The third kappa shape index (κ3) is 4.02. The number of benzene rings is 3. The molecule has 0 amide bonds. The van der Waals surface area contributed by atoms with Gasteiger partial charge in [0.2, 0.25) is 0 Å². The van der Waals surface area contributed by atoms with Crippen LogP contribution in [0.2, 0.25) is 0 Å². The molecular formula is C30H31NO2. The number of hydrogen-bond acceptors (Lipinski definition) is 2.